The number of ether oxygens (including phenoxy) is 1. The Kier molecular flexibility index (Phi) is 26.7. The van der Waals surface area contributed by atoms with Gasteiger partial charge in [0.15, 0.2) is 0 Å². The number of aliphatic hydroxyl groups excluding tert-OH is 1. The van der Waals surface area contributed by atoms with Crippen molar-refractivity contribution in [1.82, 2.24) is 23.5 Å². The number of nitrogens with zero attached hydrogens (tertiary/aromatic N) is 5. The maximum absolute atomic E-state index is 14.0. The zero-order valence-electron chi connectivity index (χ0n) is 55.4. The summed E-state index contributed by atoms with van der Waals surface area (Å²) in [5.74, 6) is -1.07. The largest absolute Gasteiger partial charge is 0.478 e. The molecule has 0 aliphatic heterocycles. The van der Waals surface area contributed by atoms with E-state index in [1.54, 1.807) is 80.4 Å². The van der Waals surface area contributed by atoms with Crippen molar-refractivity contribution in [3.63, 3.8) is 0 Å². The second-order valence-corrected chi connectivity index (χ2v) is 27.2. The molecule has 3 aromatic heterocycles. The molecular formula is C80H68Br4F9N5O4. The Labute approximate surface area is 619 Å². The summed E-state index contributed by atoms with van der Waals surface area (Å²) < 4.78 is 138. The van der Waals surface area contributed by atoms with Gasteiger partial charge in [0.25, 0.3) is 0 Å². The molecule has 9 aromatic carbocycles. The fourth-order valence-electron chi connectivity index (χ4n) is 11.0. The molecule has 0 bridgehead atoms. The topological polar surface area (TPSA) is 88.0 Å². The Balaban J connectivity index is 0.000000171. The molecule has 0 spiro atoms. The molecule has 0 fully saturated rings. The van der Waals surface area contributed by atoms with E-state index >= 15 is 0 Å². The van der Waals surface area contributed by atoms with E-state index in [0.717, 1.165) is 89.0 Å². The average molecular weight is 1650 g/mol. The van der Waals surface area contributed by atoms with Crippen LogP contribution in [0.3, 0.4) is 0 Å². The van der Waals surface area contributed by atoms with Crippen LogP contribution in [0.5, 0.6) is 0 Å². The maximum atomic E-state index is 14.0. The van der Waals surface area contributed by atoms with Crippen molar-refractivity contribution < 1.29 is 59.3 Å². The van der Waals surface area contributed by atoms with Crippen molar-refractivity contribution in [2.45, 2.75) is 31.7 Å². The molecule has 0 saturated heterocycles. The van der Waals surface area contributed by atoms with Crippen LogP contribution in [-0.2, 0) is 36.5 Å². The van der Waals surface area contributed by atoms with E-state index in [-0.39, 0.29) is 29.2 Å². The third-order valence-corrected chi connectivity index (χ3v) is 17.9. The van der Waals surface area contributed by atoms with Crippen molar-refractivity contribution in [3.05, 3.63) is 302 Å². The Morgan fingerprint density at radius 2 is 0.647 bits per heavy atom. The molecule has 9 nitrogen and oxygen atoms in total. The van der Waals surface area contributed by atoms with Crippen LogP contribution in [0.4, 0.5) is 39.5 Å². The number of rotatable bonds is 18. The quantitative estimate of drug-likeness (QED) is 0.0506. The van der Waals surface area contributed by atoms with Crippen molar-refractivity contribution in [1.29, 1.82) is 0 Å². The number of carboxylic acid groups (broad SMARTS) is 1. The summed E-state index contributed by atoms with van der Waals surface area (Å²) in [6, 6.07) is 70.8. The number of aromatic nitrogens is 3. The number of benzene rings is 9. The third kappa shape index (κ3) is 20.0. The normalized spacial score (nSPS) is 11.6. The van der Waals surface area contributed by atoms with Gasteiger partial charge in [-0.15, -0.1) is 0 Å². The van der Waals surface area contributed by atoms with Crippen LogP contribution < -0.4 is 0 Å². The van der Waals surface area contributed by atoms with Crippen LogP contribution in [0.1, 0.15) is 38.2 Å². The molecule has 528 valence electrons. The van der Waals surface area contributed by atoms with Crippen LogP contribution in [0.2, 0.25) is 0 Å². The number of aliphatic hydroxyl groups is 1. The molecule has 0 aliphatic rings. The van der Waals surface area contributed by atoms with Gasteiger partial charge in [0, 0.05) is 31.8 Å². The van der Waals surface area contributed by atoms with Crippen LogP contribution in [0.15, 0.2) is 268 Å². The lowest BCUT2D eigenvalue weighted by Gasteiger charge is -2.19. The van der Waals surface area contributed by atoms with Crippen LogP contribution in [0.25, 0.3) is 84.6 Å². The first-order valence-electron chi connectivity index (χ1n) is 31.6. The highest BCUT2D eigenvalue weighted by Crippen LogP contribution is 2.44. The van der Waals surface area contributed by atoms with Gasteiger partial charge in [-0.1, -0.05) is 197 Å². The molecular weight excluding hydrogens is 1590 g/mol. The highest BCUT2D eigenvalue weighted by Gasteiger charge is 2.37. The number of likely N-dealkylation sites (N-methyl/N-ethyl adjacent to an activating group) is 1. The molecule has 0 atom stereocenters. The van der Waals surface area contributed by atoms with E-state index in [4.69, 9.17) is 9.84 Å². The van der Waals surface area contributed by atoms with Crippen LogP contribution >= 0.6 is 63.7 Å². The lowest BCUT2D eigenvalue weighted by atomic mass is 10.1. The van der Waals surface area contributed by atoms with Gasteiger partial charge in [-0.2, -0.15) is 39.5 Å². The fraction of sp³-hybridized carbons (Fsp3) is 0.163. The zero-order chi connectivity index (χ0) is 73.5. The average Bonchev–Trinajstić information content (AvgIpc) is 1.56. The summed E-state index contributed by atoms with van der Waals surface area (Å²) in [6.07, 6.45) is -13.5. The summed E-state index contributed by atoms with van der Waals surface area (Å²) in [5.41, 5.74) is 8.16. The van der Waals surface area contributed by atoms with Crippen molar-refractivity contribution in [3.8, 4) is 84.6 Å². The number of halogens is 13. The highest BCUT2D eigenvalue weighted by atomic mass is 79.9. The first kappa shape index (κ1) is 77.6. The minimum Gasteiger partial charge on any atom is -0.478 e. The number of aromatic carboxylic acids is 1. The van der Waals surface area contributed by atoms with Gasteiger partial charge >= 0.3 is 24.5 Å². The van der Waals surface area contributed by atoms with Gasteiger partial charge in [-0.3, -0.25) is 0 Å². The number of alkyl halides is 10. The molecule has 2 N–H and O–H groups in total. The first-order chi connectivity index (χ1) is 48.6. The summed E-state index contributed by atoms with van der Waals surface area (Å²) in [7, 11) is 8.10. The molecule has 0 saturated carbocycles. The second-order valence-electron chi connectivity index (χ2n) is 23.7. The smallest absolute Gasteiger partial charge is 0.418 e. The second kappa shape index (κ2) is 35.1. The molecule has 102 heavy (non-hydrogen) atoms. The van der Waals surface area contributed by atoms with Crippen LogP contribution in [0, 0.1) is 0 Å². The van der Waals surface area contributed by atoms with Gasteiger partial charge in [0.05, 0.1) is 93.3 Å². The predicted molar refractivity (Wildman–Crippen MR) is 401 cm³/mol. The lowest BCUT2D eigenvalue weighted by molar-refractivity contribution is -0.138. The summed E-state index contributed by atoms with van der Waals surface area (Å²) >= 11 is 13.5. The maximum Gasteiger partial charge on any atom is 0.418 e. The standard InChI is InChI=1S/C28H26BrF3N2O.C24H15BrF3NO2.C24H17BrF3NO.C4H10BrN/c1-33(2)17-18-35-19-20-7-9-21(10-8-20)25-15-16-26(22-11-13-23(29)14-12-22)34(25)27-6-4-3-5-24(27)28(30,31)32;25-18-11-9-16(10-12-18)21-14-13-20(15-5-7-17(8-6-15)23(30)31)29(21)22-4-2-1-3-19(22)24(26,27)28;25-19-11-9-18(10-12-19)22-14-13-21(17-7-5-16(15-30)6-8-17)29(22)23-4-2-1-3-20(23)24(26,27)28;1-6(2)4-3-5/h3-16H,17-19H2,1-2H3;1-14H,(H,30,31);1-14,30H,15H2;3-4H2,1-2H3. The number of carbonyl (C=O) groups is 1. The van der Waals surface area contributed by atoms with E-state index in [9.17, 15) is 49.4 Å². The van der Waals surface area contributed by atoms with E-state index in [2.05, 4.69) is 87.6 Å². The van der Waals surface area contributed by atoms with Gasteiger partial charge in [0.1, 0.15) is 0 Å². The number of hydrogen-bond donors (Lipinski definition) is 2. The third-order valence-electron chi connectivity index (χ3n) is 16.0. The summed E-state index contributed by atoms with van der Waals surface area (Å²) in [5, 5.41) is 19.5. The molecule has 0 aliphatic carbocycles. The molecule has 3 heterocycles. The number of hydrogen-bond acceptors (Lipinski definition) is 5. The van der Waals surface area contributed by atoms with E-state index in [0.29, 0.717) is 52.9 Å². The Morgan fingerprint density at radius 3 is 0.892 bits per heavy atom. The van der Waals surface area contributed by atoms with Crippen molar-refractivity contribution >= 4 is 69.7 Å². The molecule has 0 radical (unpaired) electrons. The summed E-state index contributed by atoms with van der Waals surface area (Å²) in [4.78, 5) is 15.4. The van der Waals surface area contributed by atoms with E-state index in [1.807, 2.05) is 135 Å². The SMILES string of the molecule is CN(C)CCBr.CN(C)CCOCc1ccc(-c2ccc(-c3ccc(Br)cc3)n2-c2ccccc2C(F)(F)F)cc1.O=C(O)c1ccc(-c2ccc(-c3ccc(Br)cc3)n2-c2ccccc2C(F)(F)F)cc1.OCc1ccc(-c2ccc(-c3ccc(Br)cc3)n2-c2ccccc2C(F)(F)F)cc1. The lowest BCUT2D eigenvalue weighted by Crippen LogP contribution is -2.17. The zero-order valence-corrected chi connectivity index (χ0v) is 61.7. The monoisotopic (exact) mass is 1650 g/mol. The molecule has 0 unspecified atom stereocenters. The van der Waals surface area contributed by atoms with Crippen molar-refractivity contribution in [2.75, 3.05) is 53.2 Å². The van der Waals surface area contributed by atoms with E-state index in [1.165, 1.54) is 48.5 Å². The van der Waals surface area contributed by atoms with Crippen LogP contribution in [-0.4, -0.2) is 92.9 Å². The number of carboxylic acids is 1. The van der Waals surface area contributed by atoms with E-state index < -0.39 is 41.2 Å². The number of para-hydroxylation sites is 3. The van der Waals surface area contributed by atoms with Gasteiger partial charge in [0.2, 0.25) is 0 Å². The fourth-order valence-corrected chi connectivity index (χ4v) is 12.5. The minimum absolute atomic E-state index is 0.00442. The molecule has 22 heteroatoms. The highest BCUT2D eigenvalue weighted by molar-refractivity contribution is 9.11. The Morgan fingerprint density at radius 1 is 0.382 bits per heavy atom. The molecule has 12 aromatic rings. The van der Waals surface area contributed by atoms with Gasteiger partial charge in [-0.25, -0.2) is 4.79 Å². The van der Waals surface area contributed by atoms with Gasteiger partial charge < -0.3 is 38.5 Å². The molecule has 0 amide bonds. The minimum atomic E-state index is -4.54. The molecule has 12 rings (SSSR count). The summed E-state index contributed by atoms with van der Waals surface area (Å²) in [6.45, 7) is 2.98. The Hall–Kier alpha value is -8.58. The first-order valence-corrected chi connectivity index (χ1v) is 35.1. The predicted octanol–water partition coefficient (Wildman–Crippen LogP) is 23.0. The van der Waals surface area contributed by atoms with Gasteiger partial charge in [-0.05, 0) is 194 Å². The van der Waals surface area contributed by atoms with Crippen molar-refractivity contribution in [2.24, 2.45) is 0 Å². The Bertz CT molecular complexity index is 4710.